The van der Waals surface area contributed by atoms with E-state index in [1.54, 1.807) is 0 Å². The van der Waals surface area contributed by atoms with E-state index >= 15 is 0 Å². The van der Waals surface area contributed by atoms with Gasteiger partial charge in [0.1, 0.15) is 0 Å². The van der Waals surface area contributed by atoms with Crippen LogP contribution in [0.1, 0.15) is 11.1 Å². The highest BCUT2D eigenvalue weighted by Crippen LogP contribution is 2.34. The number of fused-ring (bicyclic) bond motifs is 1. The van der Waals surface area contributed by atoms with E-state index in [0.29, 0.717) is 22.2 Å². The second-order valence-electron chi connectivity index (χ2n) is 5.06. The molecule has 1 nitrogen and oxygen atoms in total. The Hall–Kier alpha value is -2.44. The molecule has 1 heterocycles. The maximum absolute atomic E-state index is 12.7. The lowest BCUT2D eigenvalue weighted by molar-refractivity contribution is -0.138. The number of H-pyrrole nitrogens is 1. The van der Waals surface area contributed by atoms with E-state index < -0.39 is 23.5 Å². The molecule has 0 spiro atoms. The first kappa shape index (κ1) is 15.5. The van der Waals surface area contributed by atoms with Crippen molar-refractivity contribution in [3.05, 3.63) is 59.7 Å². The van der Waals surface area contributed by atoms with E-state index in [2.05, 4.69) is 4.98 Å². The third kappa shape index (κ3) is 3.04. The molecule has 0 atom stereocenters. The fourth-order valence-corrected chi connectivity index (χ4v) is 2.30. The minimum absolute atomic E-state index is 0.342. The van der Waals surface area contributed by atoms with E-state index in [0.717, 1.165) is 24.3 Å². The lowest BCUT2D eigenvalue weighted by atomic mass is 10.1. The van der Waals surface area contributed by atoms with Gasteiger partial charge in [-0.2, -0.15) is 26.3 Å². The van der Waals surface area contributed by atoms with E-state index in [1.807, 2.05) is 0 Å². The maximum atomic E-state index is 12.7. The SMILES string of the molecule is FC(F)(F)c1ccc(-c2cc3cc(C(F)(F)F)ccc3[nH]2)cc1. The van der Waals surface area contributed by atoms with Gasteiger partial charge in [-0.3, -0.25) is 0 Å². The van der Waals surface area contributed by atoms with Crippen LogP contribution in [0.5, 0.6) is 0 Å². The van der Waals surface area contributed by atoms with Gasteiger partial charge in [-0.25, -0.2) is 0 Å². The van der Waals surface area contributed by atoms with Gasteiger partial charge in [-0.05, 0) is 42.0 Å². The minimum Gasteiger partial charge on any atom is -0.355 e. The Morgan fingerprint density at radius 3 is 1.78 bits per heavy atom. The van der Waals surface area contributed by atoms with E-state index in [9.17, 15) is 26.3 Å². The van der Waals surface area contributed by atoms with Crippen LogP contribution in [0, 0.1) is 0 Å². The lowest BCUT2D eigenvalue weighted by Crippen LogP contribution is -2.03. The zero-order valence-corrected chi connectivity index (χ0v) is 11.4. The largest absolute Gasteiger partial charge is 0.416 e. The fraction of sp³-hybridized carbons (Fsp3) is 0.125. The van der Waals surface area contributed by atoms with Crippen LogP contribution in [-0.2, 0) is 12.4 Å². The molecule has 0 saturated heterocycles. The molecule has 0 aliphatic rings. The van der Waals surface area contributed by atoms with Gasteiger partial charge in [0, 0.05) is 16.6 Å². The molecule has 0 aliphatic carbocycles. The van der Waals surface area contributed by atoms with Crippen LogP contribution >= 0.6 is 0 Å². The molecule has 120 valence electrons. The van der Waals surface area contributed by atoms with Crippen molar-refractivity contribution in [3.63, 3.8) is 0 Å². The number of aromatic amines is 1. The molecule has 23 heavy (non-hydrogen) atoms. The predicted octanol–water partition coefficient (Wildman–Crippen LogP) is 5.87. The van der Waals surface area contributed by atoms with Crippen LogP contribution in [0.2, 0.25) is 0 Å². The molecule has 2 aromatic carbocycles. The molecular weight excluding hydrogens is 320 g/mol. The van der Waals surface area contributed by atoms with E-state index in [4.69, 9.17) is 0 Å². The summed E-state index contributed by atoms with van der Waals surface area (Å²) in [5, 5.41) is 0.342. The first-order valence-electron chi connectivity index (χ1n) is 6.52. The minimum atomic E-state index is -4.44. The highest BCUT2D eigenvalue weighted by atomic mass is 19.4. The van der Waals surface area contributed by atoms with E-state index in [-0.39, 0.29) is 0 Å². The molecule has 0 aliphatic heterocycles. The van der Waals surface area contributed by atoms with Crippen LogP contribution < -0.4 is 0 Å². The van der Waals surface area contributed by atoms with Crippen molar-refractivity contribution in [3.8, 4) is 11.3 Å². The third-order valence-electron chi connectivity index (χ3n) is 3.47. The Bertz CT molecular complexity index is 840. The number of benzene rings is 2. The molecule has 1 N–H and O–H groups in total. The summed E-state index contributed by atoms with van der Waals surface area (Å²) in [5.41, 5.74) is -0.164. The summed E-state index contributed by atoms with van der Waals surface area (Å²) in [6.07, 6.45) is -8.87. The number of alkyl halides is 6. The Kier molecular flexibility index (Phi) is 3.39. The van der Waals surface area contributed by atoms with Crippen molar-refractivity contribution in [1.82, 2.24) is 4.98 Å². The Balaban J connectivity index is 2.00. The van der Waals surface area contributed by atoms with Gasteiger partial charge in [-0.15, -0.1) is 0 Å². The van der Waals surface area contributed by atoms with Gasteiger partial charge in [0.25, 0.3) is 0 Å². The number of halogens is 6. The predicted molar refractivity (Wildman–Crippen MR) is 73.7 cm³/mol. The van der Waals surface area contributed by atoms with Crippen molar-refractivity contribution >= 4 is 10.9 Å². The Morgan fingerprint density at radius 2 is 1.22 bits per heavy atom. The highest BCUT2D eigenvalue weighted by molar-refractivity contribution is 5.86. The molecule has 0 saturated carbocycles. The average molecular weight is 329 g/mol. The average Bonchev–Trinajstić information content (AvgIpc) is 2.88. The zero-order chi connectivity index (χ0) is 16.8. The molecule has 0 fully saturated rings. The van der Waals surface area contributed by atoms with E-state index in [1.165, 1.54) is 24.3 Å². The highest BCUT2D eigenvalue weighted by Gasteiger charge is 2.31. The summed E-state index contributed by atoms with van der Waals surface area (Å²) in [5.74, 6) is 0. The molecule has 7 heteroatoms. The molecule has 3 aromatic rings. The number of hydrogen-bond acceptors (Lipinski definition) is 0. The zero-order valence-electron chi connectivity index (χ0n) is 11.4. The normalized spacial score (nSPS) is 12.8. The molecule has 0 unspecified atom stereocenters. The fourth-order valence-electron chi connectivity index (χ4n) is 2.30. The number of nitrogens with one attached hydrogen (secondary N) is 1. The standard InChI is InChI=1S/C16H9F6N/c17-15(18,19)11-3-1-9(2-4-11)14-8-10-7-12(16(20,21)22)5-6-13(10)23-14/h1-8,23H. The Morgan fingerprint density at radius 1 is 0.652 bits per heavy atom. The number of rotatable bonds is 1. The van der Waals surface area contributed by atoms with Crippen molar-refractivity contribution in [2.24, 2.45) is 0 Å². The van der Waals surface area contributed by atoms with Crippen molar-refractivity contribution < 1.29 is 26.3 Å². The Labute approximate surface area is 126 Å². The first-order valence-corrected chi connectivity index (χ1v) is 6.52. The van der Waals surface area contributed by atoms with Gasteiger partial charge in [0.05, 0.1) is 11.1 Å². The van der Waals surface area contributed by atoms with Crippen LogP contribution in [-0.4, -0.2) is 4.98 Å². The topological polar surface area (TPSA) is 15.8 Å². The van der Waals surface area contributed by atoms with Gasteiger partial charge in [-0.1, -0.05) is 12.1 Å². The van der Waals surface area contributed by atoms with Crippen LogP contribution in [0.15, 0.2) is 48.5 Å². The number of aromatic nitrogens is 1. The smallest absolute Gasteiger partial charge is 0.355 e. The molecule has 3 rings (SSSR count). The summed E-state index contributed by atoms with van der Waals surface area (Å²) in [7, 11) is 0. The summed E-state index contributed by atoms with van der Waals surface area (Å²) >= 11 is 0. The molecule has 0 radical (unpaired) electrons. The summed E-state index contributed by atoms with van der Waals surface area (Å²) in [6.45, 7) is 0. The summed E-state index contributed by atoms with van der Waals surface area (Å²) in [6, 6.07) is 9.15. The summed E-state index contributed by atoms with van der Waals surface area (Å²) < 4.78 is 75.6. The maximum Gasteiger partial charge on any atom is 0.416 e. The van der Waals surface area contributed by atoms with Crippen LogP contribution in [0.25, 0.3) is 22.2 Å². The lowest BCUT2D eigenvalue weighted by Gasteiger charge is -2.06. The van der Waals surface area contributed by atoms with Crippen molar-refractivity contribution in [1.29, 1.82) is 0 Å². The second-order valence-corrected chi connectivity index (χ2v) is 5.06. The summed E-state index contributed by atoms with van der Waals surface area (Å²) in [4.78, 5) is 2.90. The van der Waals surface area contributed by atoms with Crippen LogP contribution in [0.3, 0.4) is 0 Å². The second kappa shape index (κ2) is 5.04. The monoisotopic (exact) mass is 329 g/mol. The van der Waals surface area contributed by atoms with Crippen LogP contribution in [0.4, 0.5) is 26.3 Å². The molecule has 0 amide bonds. The van der Waals surface area contributed by atoms with Gasteiger partial charge >= 0.3 is 12.4 Å². The van der Waals surface area contributed by atoms with Gasteiger partial charge < -0.3 is 4.98 Å². The first-order chi connectivity index (χ1) is 10.6. The van der Waals surface area contributed by atoms with Crippen molar-refractivity contribution in [2.75, 3.05) is 0 Å². The van der Waals surface area contributed by atoms with Gasteiger partial charge in [0.15, 0.2) is 0 Å². The molecular formula is C16H9F6N. The number of hydrogen-bond donors (Lipinski definition) is 1. The van der Waals surface area contributed by atoms with Gasteiger partial charge in [0.2, 0.25) is 0 Å². The van der Waals surface area contributed by atoms with Crippen molar-refractivity contribution in [2.45, 2.75) is 12.4 Å². The third-order valence-corrected chi connectivity index (χ3v) is 3.47. The quantitative estimate of drug-likeness (QED) is 0.537. The molecule has 0 bridgehead atoms. The molecule has 1 aromatic heterocycles.